The standard InChI is InChI=1S/C15H12BrN3O2/c16-13-8-17-14-7-6-12(9-19(13)14)18-15(20)21-10-11-4-2-1-3-5-11/h1-9H,10H2,(H,18,20). The van der Waals surface area contributed by atoms with E-state index < -0.39 is 6.09 Å². The molecule has 0 fully saturated rings. The lowest BCUT2D eigenvalue weighted by Gasteiger charge is -2.07. The normalized spacial score (nSPS) is 10.5. The summed E-state index contributed by atoms with van der Waals surface area (Å²) in [5.74, 6) is 0. The zero-order valence-electron chi connectivity index (χ0n) is 11.0. The predicted octanol–water partition coefficient (Wildman–Crippen LogP) is 3.85. The highest BCUT2D eigenvalue weighted by atomic mass is 79.9. The smallest absolute Gasteiger partial charge is 0.412 e. The number of anilines is 1. The van der Waals surface area contributed by atoms with Crippen molar-refractivity contribution in [2.24, 2.45) is 0 Å². The maximum Gasteiger partial charge on any atom is 0.412 e. The Hall–Kier alpha value is -2.34. The number of aromatic nitrogens is 2. The molecule has 2 heterocycles. The van der Waals surface area contributed by atoms with Gasteiger partial charge in [0.1, 0.15) is 16.9 Å². The van der Waals surface area contributed by atoms with E-state index in [1.54, 1.807) is 18.5 Å². The lowest BCUT2D eigenvalue weighted by atomic mass is 10.2. The van der Waals surface area contributed by atoms with Crippen LogP contribution in [0.5, 0.6) is 0 Å². The Balaban J connectivity index is 1.64. The summed E-state index contributed by atoms with van der Waals surface area (Å²) in [4.78, 5) is 16.0. The van der Waals surface area contributed by atoms with Crippen molar-refractivity contribution in [1.29, 1.82) is 0 Å². The monoisotopic (exact) mass is 345 g/mol. The van der Waals surface area contributed by atoms with E-state index in [9.17, 15) is 4.79 Å². The number of carbonyl (C=O) groups excluding carboxylic acids is 1. The van der Waals surface area contributed by atoms with Gasteiger partial charge in [0.05, 0.1) is 11.9 Å². The zero-order valence-corrected chi connectivity index (χ0v) is 12.6. The first-order valence-corrected chi connectivity index (χ1v) is 7.12. The maximum atomic E-state index is 11.8. The summed E-state index contributed by atoms with van der Waals surface area (Å²) in [6, 6.07) is 13.1. The molecule has 0 atom stereocenters. The minimum absolute atomic E-state index is 0.240. The van der Waals surface area contributed by atoms with Crippen molar-refractivity contribution in [2.45, 2.75) is 6.61 Å². The third-order valence-corrected chi connectivity index (χ3v) is 3.51. The van der Waals surface area contributed by atoms with E-state index in [0.717, 1.165) is 15.8 Å². The van der Waals surface area contributed by atoms with Crippen molar-refractivity contribution < 1.29 is 9.53 Å². The fourth-order valence-electron chi connectivity index (χ4n) is 1.90. The van der Waals surface area contributed by atoms with Gasteiger partial charge in [-0.2, -0.15) is 0 Å². The Bertz CT molecular complexity index is 771. The first-order valence-electron chi connectivity index (χ1n) is 6.33. The molecule has 106 valence electrons. The van der Waals surface area contributed by atoms with Crippen molar-refractivity contribution in [3.05, 3.63) is 65.0 Å². The van der Waals surface area contributed by atoms with E-state index >= 15 is 0 Å². The lowest BCUT2D eigenvalue weighted by Crippen LogP contribution is -2.13. The molecule has 0 aliphatic rings. The number of benzene rings is 1. The van der Waals surface area contributed by atoms with Gasteiger partial charge < -0.3 is 4.74 Å². The number of pyridine rings is 1. The fourth-order valence-corrected chi connectivity index (χ4v) is 2.29. The molecule has 3 rings (SSSR count). The van der Waals surface area contributed by atoms with E-state index in [2.05, 4.69) is 26.2 Å². The van der Waals surface area contributed by atoms with Crippen molar-refractivity contribution in [1.82, 2.24) is 9.38 Å². The average Bonchev–Trinajstić information content (AvgIpc) is 2.87. The van der Waals surface area contributed by atoms with Gasteiger partial charge in [-0.1, -0.05) is 30.3 Å². The molecule has 0 unspecified atom stereocenters. The van der Waals surface area contributed by atoms with E-state index in [-0.39, 0.29) is 6.61 Å². The molecule has 1 N–H and O–H groups in total. The molecular weight excluding hydrogens is 334 g/mol. The van der Waals surface area contributed by atoms with Crippen molar-refractivity contribution in [3.8, 4) is 0 Å². The summed E-state index contributed by atoms with van der Waals surface area (Å²) in [7, 11) is 0. The highest BCUT2D eigenvalue weighted by Gasteiger charge is 2.06. The van der Waals surface area contributed by atoms with E-state index in [0.29, 0.717) is 5.69 Å². The molecule has 21 heavy (non-hydrogen) atoms. The Morgan fingerprint density at radius 2 is 2.05 bits per heavy atom. The molecular formula is C15H12BrN3O2. The number of carbonyl (C=O) groups is 1. The number of hydrogen-bond acceptors (Lipinski definition) is 3. The summed E-state index contributed by atoms with van der Waals surface area (Å²) >= 11 is 3.39. The van der Waals surface area contributed by atoms with Crippen LogP contribution in [-0.4, -0.2) is 15.5 Å². The number of rotatable bonds is 3. The third kappa shape index (κ3) is 3.22. The minimum Gasteiger partial charge on any atom is -0.444 e. The molecule has 0 bridgehead atoms. The molecule has 3 aromatic rings. The van der Waals surface area contributed by atoms with Gasteiger partial charge in [-0.25, -0.2) is 9.78 Å². The van der Waals surface area contributed by atoms with Crippen molar-refractivity contribution in [3.63, 3.8) is 0 Å². The van der Waals surface area contributed by atoms with Gasteiger partial charge in [0.25, 0.3) is 0 Å². The molecule has 0 spiro atoms. The van der Waals surface area contributed by atoms with Crippen LogP contribution in [0.25, 0.3) is 5.65 Å². The molecule has 0 aliphatic carbocycles. The van der Waals surface area contributed by atoms with Gasteiger partial charge in [0, 0.05) is 6.20 Å². The molecule has 0 saturated carbocycles. The second kappa shape index (κ2) is 5.97. The van der Waals surface area contributed by atoms with Crippen LogP contribution in [0.4, 0.5) is 10.5 Å². The molecule has 1 amide bonds. The molecule has 0 radical (unpaired) electrons. The largest absolute Gasteiger partial charge is 0.444 e. The number of nitrogens with one attached hydrogen (secondary N) is 1. The zero-order chi connectivity index (χ0) is 14.7. The van der Waals surface area contributed by atoms with Gasteiger partial charge in [-0.3, -0.25) is 9.72 Å². The number of fused-ring (bicyclic) bond motifs is 1. The molecule has 5 nitrogen and oxygen atoms in total. The molecule has 6 heteroatoms. The molecule has 0 aliphatic heterocycles. The lowest BCUT2D eigenvalue weighted by molar-refractivity contribution is 0.155. The summed E-state index contributed by atoms with van der Waals surface area (Å²) < 4.78 is 7.81. The fraction of sp³-hybridized carbons (Fsp3) is 0.0667. The number of nitrogens with zero attached hydrogens (tertiary/aromatic N) is 2. The van der Waals surface area contributed by atoms with Crippen molar-refractivity contribution in [2.75, 3.05) is 5.32 Å². The summed E-state index contributed by atoms with van der Waals surface area (Å²) in [5, 5.41) is 2.69. The van der Waals surface area contributed by atoms with Crippen LogP contribution < -0.4 is 5.32 Å². The van der Waals surface area contributed by atoms with Crippen LogP contribution >= 0.6 is 15.9 Å². The van der Waals surface area contributed by atoms with Gasteiger partial charge in [0.15, 0.2) is 0 Å². The molecule has 1 aromatic carbocycles. The predicted molar refractivity (Wildman–Crippen MR) is 83.1 cm³/mol. The van der Waals surface area contributed by atoms with E-state index in [1.807, 2.05) is 40.8 Å². The van der Waals surface area contributed by atoms with Crippen LogP contribution in [0.3, 0.4) is 0 Å². The summed E-state index contributed by atoms with van der Waals surface area (Å²) in [6.07, 6.45) is 2.98. The highest BCUT2D eigenvalue weighted by Crippen LogP contribution is 2.16. The summed E-state index contributed by atoms with van der Waals surface area (Å²) in [5.41, 5.74) is 2.38. The van der Waals surface area contributed by atoms with Crippen molar-refractivity contribution >= 4 is 33.4 Å². The Kier molecular flexibility index (Phi) is 3.87. The topological polar surface area (TPSA) is 55.6 Å². The first-order chi connectivity index (χ1) is 10.2. The number of amides is 1. The molecule has 0 saturated heterocycles. The average molecular weight is 346 g/mol. The van der Waals surface area contributed by atoms with Gasteiger partial charge in [-0.15, -0.1) is 0 Å². The van der Waals surface area contributed by atoms with E-state index in [1.165, 1.54) is 0 Å². The number of imidazole rings is 1. The van der Waals surface area contributed by atoms with Gasteiger partial charge >= 0.3 is 6.09 Å². The summed E-state index contributed by atoms with van der Waals surface area (Å²) in [6.45, 7) is 0.240. The Morgan fingerprint density at radius 1 is 1.24 bits per heavy atom. The van der Waals surface area contributed by atoms with Gasteiger partial charge in [0.2, 0.25) is 0 Å². The minimum atomic E-state index is -0.491. The number of halogens is 1. The van der Waals surface area contributed by atoms with E-state index in [4.69, 9.17) is 4.74 Å². The SMILES string of the molecule is O=C(Nc1ccc2ncc(Br)n2c1)OCc1ccccc1. The highest BCUT2D eigenvalue weighted by molar-refractivity contribution is 9.10. The van der Waals surface area contributed by atoms with Crippen LogP contribution in [0.1, 0.15) is 5.56 Å². The number of ether oxygens (including phenoxy) is 1. The number of hydrogen-bond donors (Lipinski definition) is 1. The molecule has 2 aromatic heterocycles. The quantitative estimate of drug-likeness (QED) is 0.784. The van der Waals surface area contributed by atoms with Gasteiger partial charge in [-0.05, 0) is 33.6 Å². The van der Waals surface area contributed by atoms with Crippen LogP contribution in [0.2, 0.25) is 0 Å². The van der Waals surface area contributed by atoms with Crippen LogP contribution in [0.15, 0.2) is 59.5 Å². The van der Waals surface area contributed by atoms with Crippen LogP contribution in [-0.2, 0) is 11.3 Å². The second-order valence-corrected chi connectivity index (χ2v) is 5.23. The maximum absolute atomic E-state index is 11.8. The first kappa shape index (κ1) is 13.6. The van der Waals surface area contributed by atoms with Crippen LogP contribution in [0, 0.1) is 0 Å². The Morgan fingerprint density at radius 3 is 2.86 bits per heavy atom. The second-order valence-electron chi connectivity index (χ2n) is 4.41. The third-order valence-electron chi connectivity index (χ3n) is 2.92. The Labute approximate surface area is 129 Å².